The van der Waals surface area contributed by atoms with Crippen LogP contribution in [-0.2, 0) is 4.79 Å². The summed E-state index contributed by atoms with van der Waals surface area (Å²) in [4.78, 5) is 29.7. The monoisotopic (exact) mass is 370 g/mol. The summed E-state index contributed by atoms with van der Waals surface area (Å²) < 4.78 is 5.47. The number of rotatable bonds is 7. The molecular formula is C15H23ClN6O3. The molecule has 0 aromatic carbocycles. The summed E-state index contributed by atoms with van der Waals surface area (Å²) in [6.45, 7) is 3.34. The van der Waals surface area contributed by atoms with Crippen LogP contribution < -0.4 is 21.1 Å². The first kappa shape index (κ1) is 19.5. The number of alkyl halides is 1. The van der Waals surface area contributed by atoms with Gasteiger partial charge in [-0.2, -0.15) is 0 Å². The molecule has 1 aromatic heterocycles. The number of carbonyl (C=O) groups excluding carboxylic acids is 1. The van der Waals surface area contributed by atoms with Gasteiger partial charge in [0, 0.05) is 25.4 Å². The predicted molar refractivity (Wildman–Crippen MR) is 95.4 cm³/mol. The lowest BCUT2D eigenvalue weighted by Gasteiger charge is -2.40. The number of pyridine rings is 1. The number of hydrogen-bond donors (Lipinski definition) is 3. The molecule has 9 nitrogen and oxygen atoms in total. The minimum Gasteiger partial charge on any atom is -0.492 e. The molecule has 25 heavy (non-hydrogen) atoms. The number of hydrogen-bond acceptors (Lipinski definition) is 8. The fourth-order valence-electron chi connectivity index (χ4n) is 2.82. The van der Waals surface area contributed by atoms with E-state index in [4.69, 9.17) is 22.1 Å². The molecule has 1 aliphatic heterocycles. The molecule has 0 bridgehead atoms. The SMILES string of the molecule is CCOc1ccncc1NC(=O)C(C(N)N=O)C1NCC(Cl)CN1C. The van der Waals surface area contributed by atoms with Crippen molar-refractivity contribution in [3.63, 3.8) is 0 Å². The first-order valence-electron chi connectivity index (χ1n) is 8.01. The highest BCUT2D eigenvalue weighted by Crippen LogP contribution is 2.25. The van der Waals surface area contributed by atoms with Crippen molar-refractivity contribution < 1.29 is 9.53 Å². The van der Waals surface area contributed by atoms with Gasteiger partial charge in [-0.15, -0.1) is 16.5 Å². The van der Waals surface area contributed by atoms with Crippen LogP contribution in [0.5, 0.6) is 5.75 Å². The molecule has 0 saturated carbocycles. The molecule has 0 aliphatic carbocycles. The Morgan fingerprint density at radius 2 is 2.44 bits per heavy atom. The third-order valence-electron chi connectivity index (χ3n) is 3.98. The molecule has 2 rings (SSSR count). The summed E-state index contributed by atoms with van der Waals surface area (Å²) in [6.07, 6.45) is 1.37. The van der Waals surface area contributed by atoms with Crippen molar-refractivity contribution >= 4 is 23.2 Å². The van der Waals surface area contributed by atoms with Gasteiger partial charge in [0.05, 0.1) is 24.3 Å². The quantitative estimate of drug-likeness (QED) is 0.473. The second-order valence-corrected chi connectivity index (χ2v) is 6.42. The fourth-order valence-corrected chi connectivity index (χ4v) is 3.13. The van der Waals surface area contributed by atoms with Crippen LogP contribution in [0.3, 0.4) is 0 Å². The number of nitroso groups, excluding NO2 is 1. The van der Waals surface area contributed by atoms with E-state index in [9.17, 15) is 9.70 Å². The van der Waals surface area contributed by atoms with E-state index in [1.807, 2.05) is 11.8 Å². The number of amides is 1. The van der Waals surface area contributed by atoms with E-state index in [0.717, 1.165) is 0 Å². The summed E-state index contributed by atoms with van der Waals surface area (Å²) >= 11 is 6.11. The van der Waals surface area contributed by atoms with Crippen LogP contribution in [0, 0.1) is 10.8 Å². The van der Waals surface area contributed by atoms with E-state index in [2.05, 4.69) is 20.8 Å². The van der Waals surface area contributed by atoms with E-state index in [0.29, 0.717) is 31.1 Å². The topological polar surface area (TPSA) is 122 Å². The van der Waals surface area contributed by atoms with Crippen molar-refractivity contribution in [2.45, 2.75) is 24.6 Å². The molecule has 1 saturated heterocycles. The zero-order valence-corrected chi connectivity index (χ0v) is 14.9. The molecule has 4 N–H and O–H groups in total. The summed E-state index contributed by atoms with van der Waals surface area (Å²) in [5.41, 5.74) is 6.22. The number of ether oxygens (including phenoxy) is 1. The van der Waals surface area contributed by atoms with Gasteiger partial charge in [0.1, 0.15) is 17.4 Å². The van der Waals surface area contributed by atoms with E-state index in [1.165, 1.54) is 6.20 Å². The van der Waals surface area contributed by atoms with Gasteiger partial charge >= 0.3 is 0 Å². The van der Waals surface area contributed by atoms with Gasteiger partial charge in [-0.1, -0.05) is 5.18 Å². The largest absolute Gasteiger partial charge is 0.492 e. The van der Waals surface area contributed by atoms with E-state index in [1.54, 1.807) is 19.3 Å². The second kappa shape index (κ2) is 9.04. The Morgan fingerprint density at radius 3 is 3.08 bits per heavy atom. The Kier molecular flexibility index (Phi) is 7.06. The summed E-state index contributed by atoms with van der Waals surface area (Å²) in [6, 6.07) is 1.65. The minimum absolute atomic E-state index is 0.0896. The highest BCUT2D eigenvalue weighted by Gasteiger charge is 2.39. The fraction of sp³-hybridized carbons (Fsp3) is 0.600. The first-order valence-corrected chi connectivity index (χ1v) is 8.45. The number of carbonyl (C=O) groups is 1. The zero-order valence-electron chi connectivity index (χ0n) is 14.2. The molecular weight excluding hydrogens is 348 g/mol. The lowest BCUT2D eigenvalue weighted by atomic mass is 9.98. The van der Waals surface area contributed by atoms with Gasteiger partial charge < -0.3 is 15.8 Å². The van der Waals surface area contributed by atoms with Crippen molar-refractivity contribution in [3.8, 4) is 5.75 Å². The Balaban J connectivity index is 2.20. The molecule has 10 heteroatoms. The average molecular weight is 371 g/mol. The number of nitrogens with two attached hydrogens (primary N) is 1. The molecule has 0 radical (unpaired) electrons. The van der Waals surface area contributed by atoms with Crippen molar-refractivity contribution in [3.05, 3.63) is 23.4 Å². The Hall–Kier alpha value is -1.81. The maximum atomic E-state index is 12.8. The summed E-state index contributed by atoms with van der Waals surface area (Å²) in [7, 11) is 1.81. The number of anilines is 1. The smallest absolute Gasteiger partial charge is 0.234 e. The van der Waals surface area contributed by atoms with Crippen molar-refractivity contribution in [2.75, 3.05) is 32.1 Å². The predicted octanol–water partition coefficient (Wildman–Crippen LogP) is 0.555. The molecule has 0 spiro atoms. The zero-order chi connectivity index (χ0) is 18.4. The molecule has 1 aliphatic rings. The number of halogens is 1. The number of nitrogens with one attached hydrogen (secondary N) is 2. The van der Waals surface area contributed by atoms with Crippen LogP contribution in [0.2, 0.25) is 0 Å². The minimum atomic E-state index is -1.21. The van der Waals surface area contributed by atoms with E-state index in [-0.39, 0.29) is 5.38 Å². The van der Waals surface area contributed by atoms with Crippen molar-refractivity contribution in [1.82, 2.24) is 15.2 Å². The Bertz CT molecular complexity index is 604. The van der Waals surface area contributed by atoms with Crippen LogP contribution in [0.4, 0.5) is 5.69 Å². The third kappa shape index (κ3) is 4.85. The van der Waals surface area contributed by atoms with E-state index < -0.39 is 24.2 Å². The van der Waals surface area contributed by atoms with Gasteiger partial charge in [0.25, 0.3) is 0 Å². The molecule has 2 heterocycles. The molecule has 4 atom stereocenters. The Morgan fingerprint density at radius 1 is 1.68 bits per heavy atom. The molecule has 4 unspecified atom stereocenters. The van der Waals surface area contributed by atoms with Gasteiger partial charge in [0.15, 0.2) is 6.17 Å². The van der Waals surface area contributed by atoms with Crippen molar-refractivity contribution in [1.29, 1.82) is 0 Å². The molecule has 1 aromatic rings. The van der Waals surface area contributed by atoms with Crippen LogP contribution in [-0.4, -0.2) is 60.2 Å². The van der Waals surface area contributed by atoms with Crippen LogP contribution >= 0.6 is 11.6 Å². The van der Waals surface area contributed by atoms with Gasteiger partial charge in [-0.05, 0) is 14.0 Å². The maximum absolute atomic E-state index is 12.8. The second-order valence-electron chi connectivity index (χ2n) is 5.81. The number of aromatic nitrogens is 1. The average Bonchev–Trinajstić information content (AvgIpc) is 2.58. The lowest BCUT2D eigenvalue weighted by molar-refractivity contribution is -0.123. The molecule has 1 amide bonds. The van der Waals surface area contributed by atoms with Crippen LogP contribution in [0.1, 0.15) is 6.92 Å². The maximum Gasteiger partial charge on any atom is 0.234 e. The van der Waals surface area contributed by atoms with Crippen molar-refractivity contribution in [2.24, 2.45) is 16.8 Å². The standard InChI is InChI=1S/C15H23ClN6O3/c1-3-25-11-4-5-18-7-10(11)20-15(23)12(13(17)21-24)14-19-6-9(16)8-22(14)2/h4-5,7,9,12-14,19H,3,6,8,17H2,1-2H3,(H,20,23). The molecule has 1 fully saturated rings. The normalized spacial score (nSPS) is 23.5. The Labute approximate surface area is 151 Å². The number of nitrogens with zero attached hydrogens (tertiary/aromatic N) is 3. The van der Waals surface area contributed by atoms with Crippen LogP contribution in [0.15, 0.2) is 23.6 Å². The summed E-state index contributed by atoms with van der Waals surface area (Å²) in [5, 5.41) is 8.65. The third-order valence-corrected chi connectivity index (χ3v) is 4.27. The first-order chi connectivity index (χ1) is 12.0. The highest BCUT2D eigenvalue weighted by molar-refractivity contribution is 6.21. The van der Waals surface area contributed by atoms with Gasteiger partial charge in [-0.3, -0.25) is 20.0 Å². The van der Waals surface area contributed by atoms with Crippen LogP contribution in [0.25, 0.3) is 0 Å². The van der Waals surface area contributed by atoms with Gasteiger partial charge in [-0.25, -0.2) is 0 Å². The van der Waals surface area contributed by atoms with Gasteiger partial charge in [0.2, 0.25) is 5.91 Å². The lowest BCUT2D eigenvalue weighted by Crippen LogP contribution is -2.62. The molecule has 138 valence electrons. The van der Waals surface area contributed by atoms with E-state index >= 15 is 0 Å². The summed E-state index contributed by atoms with van der Waals surface area (Å²) in [5.74, 6) is -0.859. The highest BCUT2D eigenvalue weighted by atomic mass is 35.5.